The summed E-state index contributed by atoms with van der Waals surface area (Å²) in [4.78, 5) is 0. The van der Waals surface area contributed by atoms with Gasteiger partial charge in [0.15, 0.2) is 0 Å². The number of benzene rings is 1. The molecule has 1 fully saturated rings. The van der Waals surface area contributed by atoms with E-state index in [1.165, 1.54) is 12.1 Å². The summed E-state index contributed by atoms with van der Waals surface area (Å²) in [6.45, 7) is 5.62. The highest BCUT2D eigenvalue weighted by Gasteiger charge is 2.22. The van der Waals surface area contributed by atoms with E-state index in [2.05, 4.69) is 4.57 Å². The van der Waals surface area contributed by atoms with Crippen molar-refractivity contribution in [3.05, 3.63) is 53.1 Å². The van der Waals surface area contributed by atoms with Crippen molar-refractivity contribution in [2.75, 3.05) is 13.2 Å². The van der Waals surface area contributed by atoms with E-state index in [-0.39, 0.29) is 5.82 Å². The van der Waals surface area contributed by atoms with Gasteiger partial charge in [-0.05, 0) is 69.4 Å². The smallest absolute Gasteiger partial charge is 0.123 e. The highest BCUT2D eigenvalue weighted by molar-refractivity contribution is 5.41. The number of hydrogen-bond acceptors (Lipinski definition) is 2. The van der Waals surface area contributed by atoms with Gasteiger partial charge in [0, 0.05) is 35.9 Å². The van der Waals surface area contributed by atoms with E-state index < -0.39 is 6.10 Å². The Hall–Kier alpha value is -1.65. The fourth-order valence-corrected chi connectivity index (χ4v) is 3.54. The Balaban J connectivity index is 1.83. The molecule has 23 heavy (non-hydrogen) atoms. The van der Waals surface area contributed by atoms with E-state index >= 15 is 0 Å². The maximum atomic E-state index is 13.1. The zero-order chi connectivity index (χ0) is 16.4. The average Bonchev–Trinajstić information content (AvgIpc) is 2.84. The minimum absolute atomic E-state index is 0.240. The lowest BCUT2D eigenvalue weighted by Gasteiger charge is -2.24. The summed E-state index contributed by atoms with van der Waals surface area (Å²) in [5.41, 5.74) is 3.97. The zero-order valence-electron chi connectivity index (χ0n) is 13.8. The van der Waals surface area contributed by atoms with Crippen LogP contribution in [0.4, 0.5) is 4.39 Å². The number of hydrogen-bond donors (Lipinski definition) is 1. The lowest BCUT2D eigenvalue weighted by atomic mass is 9.91. The lowest BCUT2D eigenvalue weighted by Crippen LogP contribution is -2.18. The van der Waals surface area contributed by atoms with Gasteiger partial charge in [0.05, 0.1) is 6.10 Å². The Morgan fingerprint density at radius 1 is 1.22 bits per heavy atom. The van der Waals surface area contributed by atoms with Gasteiger partial charge in [-0.1, -0.05) is 0 Å². The Kier molecular flexibility index (Phi) is 4.83. The first-order valence-electron chi connectivity index (χ1n) is 8.27. The number of halogens is 1. The summed E-state index contributed by atoms with van der Waals surface area (Å²) in [6.07, 6.45) is 2.36. The number of rotatable bonds is 4. The lowest BCUT2D eigenvalue weighted by molar-refractivity contribution is 0.0434. The Morgan fingerprint density at radius 3 is 2.52 bits per heavy atom. The molecule has 124 valence electrons. The van der Waals surface area contributed by atoms with Crippen LogP contribution in [0.1, 0.15) is 42.3 Å². The van der Waals surface area contributed by atoms with Crippen LogP contribution in [0.3, 0.4) is 0 Å². The molecule has 1 aliphatic rings. The number of nitrogens with zero attached hydrogens (tertiary/aromatic N) is 1. The molecule has 1 aliphatic heterocycles. The van der Waals surface area contributed by atoms with E-state index in [9.17, 15) is 9.50 Å². The summed E-state index contributed by atoms with van der Waals surface area (Å²) >= 11 is 0. The third-order valence-corrected chi connectivity index (χ3v) is 4.81. The number of aliphatic hydroxyl groups excluding tert-OH is 1. The average molecular weight is 317 g/mol. The molecule has 0 bridgehead atoms. The summed E-state index contributed by atoms with van der Waals surface area (Å²) in [6, 6.07) is 8.51. The molecule has 2 aromatic rings. The summed E-state index contributed by atoms with van der Waals surface area (Å²) in [7, 11) is 0. The van der Waals surface area contributed by atoms with Crippen molar-refractivity contribution in [1.82, 2.24) is 4.57 Å². The summed E-state index contributed by atoms with van der Waals surface area (Å²) < 4.78 is 20.6. The van der Waals surface area contributed by atoms with Crippen LogP contribution in [0, 0.1) is 25.6 Å². The normalized spacial score (nSPS) is 17.4. The van der Waals surface area contributed by atoms with Gasteiger partial charge < -0.3 is 14.4 Å². The summed E-state index contributed by atoms with van der Waals surface area (Å²) in [5, 5.41) is 10.7. The first-order chi connectivity index (χ1) is 11.1. The van der Waals surface area contributed by atoms with E-state index in [4.69, 9.17) is 4.74 Å². The quantitative estimate of drug-likeness (QED) is 0.922. The van der Waals surface area contributed by atoms with Gasteiger partial charge in [-0.2, -0.15) is 0 Å². The number of ether oxygens (including phenoxy) is 1. The highest BCUT2D eigenvalue weighted by Crippen LogP contribution is 2.32. The fraction of sp³-hybridized carbons (Fsp3) is 0.474. The van der Waals surface area contributed by atoms with Gasteiger partial charge in [0.1, 0.15) is 5.82 Å². The van der Waals surface area contributed by atoms with Crippen LogP contribution in [-0.2, 0) is 4.74 Å². The largest absolute Gasteiger partial charge is 0.388 e. The Labute approximate surface area is 136 Å². The topological polar surface area (TPSA) is 34.4 Å². The van der Waals surface area contributed by atoms with E-state index in [1.54, 1.807) is 12.1 Å². The van der Waals surface area contributed by atoms with Crippen molar-refractivity contribution in [3.63, 3.8) is 0 Å². The molecule has 0 spiro atoms. The first kappa shape index (κ1) is 16.2. The standard InChI is InChI=1S/C19H24FNO2/c1-13-11-18(19(22)12-15-7-9-23-10-8-15)14(2)21(13)17-5-3-16(20)4-6-17/h3-6,11,15,19,22H,7-10,12H2,1-2H3. The molecule has 3 rings (SSSR count). The molecule has 1 saturated heterocycles. The molecule has 0 saturated carbocycles. The van der Waals surface area contributed by atoms with Crippen molar-refractivity contribution in [2.45, 2.75) is 39.2 Å². The third kappa shape index (κ3) is 3.48. The molecule has 1 aromatic carbocycles. The maximum Gasteiger partial charge on any atom is 0.123 e. The van der Waals surface area contributed by atoms with Crippen molar-refractivity contribution in [2.24, 2.45) is 5.92 Å². The fourth-order valence-electron chi connectivity index (χ4n) is 3.54. The second-order valence-electron chi connectivity index (χ2n) is 6.45. The molecule has 3 nitrogen and oxygen atoms in total. The number of aromatic nitrogens is 1. The van der Waals surface area contributed by atoms with Crippen molar-refractivity contribution < 1.29 is 14.2 Å². The molecule has 0 radical (unpaired) electrons. The van der Waals surface area contributed by atoms with Crippen LogP contribution < -0.4 is 0 Å². The molecular weight excluding hydrogens is 293 g/mol. The van der Waals surface area contributed by atoms with Crippen LogP contribution in [0.25, 0.3) is 5.69 Å². The predicted octanol–water partition coefficient (Wildman–Crippen LogP) is 4.08. The minimum Gasteiger partial charge on any atom is -0.388 e. The van der Waals surface area contributed by atoms with Crippen LogP contribution >= 0.6 is 0 Å². The molecule has 0 aliphatic carbocycles. The van der Waals surface area contributed by atoms with Crippen LogP contribution in [0.15, 0.2) is 30.3 Å². The molecule has 4 heteroatoms. The molecule has 2 heterocycles. The Bertz CT molecular complexity index is 657. The molecule has 1 atom stereocenters. The van der Waals surface area contributed by atoms with Crippen LogP contribution in [-0.4, -0.2) is 22.9 Å². The second kappa shape index (κ2) is 6.85. The van der Waals surface area contributed by atoms with Gasteiger partial charge >= 0.3 is 0 Å². The highest BCUT2D eigenvalue weighted by atomic mass is 19.1. The zero-order valence-corrected chi connectivity index (χ0v) is 13.8. The van der Waals surface area contributed by atoms with Crippen LogP contribution in [0.2, 0.25) is 0 Å². The van der Waals surface area contributed by atoms with Crippen LogP contribution in [0.5, 0.6) is 0 Å². The van der Waals surface area contributed by atoms with Crippen molar-refractivity contribution in [3.8, 4) is 5.69 Å². The van der Waals surface area contributed by atoms with E-state index in [0.29, 0.717) is 5.92 Å². The number of aliphatic hydroxyl groups is 1. The van der Waals surface area contributed by atoms with Crippen molar-refractivity contribution >= 4 is 0 Å². The van der Waals surface area contributed by atoms with E-state index in [1.807, 2.05) is 19.9 Å². The van der Waals surface area contributed by atoms with Crippen molar-refractivity contribution in [1.29, 1.82) is 0 Å². The first-order valence-corrected chi connectivity index (χ1v) is 8.27. The molecule has 1 unspecified atom stereocenters. The second-order valence-corrected chi connectivity index (χ2v) is 6.45. The van der Waals surface area contributed by atoms with Gasteiger partial charge in [-0.3, -0.25) is 0 Å². The molecule has 0 amide bonds. The molecular formula is C19H24FNO2. The van der Waals surface area contributed by atoms with Gasteiger partial charge in [0.2, 0.25) is 0 Å². The molecule has 1 N–H and O–H groups in total. The SMILES string of the molecule is Cc1cc(C(O)CC2CCOCC2)c(C)n1-c1ccc(F)cc1. The predicted molar refractivity (Wildman–Crippen MR) is 88.3 cm³/mol. The van der Waals surface area contributed by atoms with Gasteiger partial charge in [-0.15, -0.1) is 0 Å². The number of aryl methyl sites for hydroxylation is 1. The van der Waals surface area contributed by atoms with E-state index in [0.717, 1.165) is 55.1 Å². The Morgan fingerprint density at radius 2 is 1.87 bits per heavy atom. The molecule has 1 aromatic heterocycles. The monoisotopic (exact) mass is 317 g/mol. The van der Waals surface area contributed by atoms with Gasteiger partial charge in [-0.25, -0.2) is 4.39 Å². The van der Waals surface area contributed by atoms with Gasteiger partial charge in [0.25, 0.3) is 0 Å². The minimum atomic E-state index is -0.460. The maximum absolute atomic E-state index is 13.1. The third-order valence-electron chi connectivity index (χ3n) is 4.81. The summed E-state index contributed by atoms with van der Waals surface area (Å²) in [5.74, 6) is 0.281.